The molecule has 0 bridgehead atoms. The van der Waals surface area contributed by atoms with Crippen LogP contribution in [0.2, 0.25) is 0 Å². The van der Waals surface area contributed by atoms with Crippen LogP contribution < -0.4 is 0 Å². The first-order chi connectivity index (χ1) is 10.2. The van der Waals surface area contributed by atoms with E-state index in [2.05, 4.69) is 16.8 Å². The Bertz CT molecular complexity index is 718. The molecule has 1 saturated heterocycles. The molecule has 106 valence electrons. The van der Waals surface area contributed by atoms with Crippen LogP contribution in [0.15, 0.2) is 30.5 Å². The second-order valence-electron chi connectivity index (χ2n) is 5.09. The van der Waals surface area contributed by atoms with Gasteiger partial charge in [-0.15, -0.1) is 11.3 Å². The summed E-state index contributed by atoms with van der Waals surface area (Å²) in [5.74, 6) is 6.27. The molecule has 1 amide bonds. The summed E-state index contributed by atoms with van der Waals surface area (Å²) in [5.41, 5.74) is 2.15. The summed E-state index contributed by atoms with van der Waals surface area (Å²) in [6.07, 6.45) is 3.85. The number of aromatic nitrogens is 1. The van der Waals surface area contributed by atoms with Crippen LogP contribution in [0.25, 0.3) is 0 Å². The van der Waals surface area contributed by atoms with Crippen molar-refractivity contribution in [2.24, 2.45) is 0 Å². The summed E-state index contributed by atoms with van der Waals surface area (Å²) in [6, 6.07) is 8.00. The van der Waals surface area contributed by atoms with Crippen LogP contribution in [-0.2, 0) is 0 Å². The van der Waals surface area contributed by atoms with E-state index in [0.717, 1.165) is 37.1 Å². The van der Waals surface area contributed by atoms with Gasteiger partial charge in [-0.1, -0.05) is 24.1 Å². The molecule has 3 rings (SSSR count). The Balaban J connectivity index is 1.77. The van der Waals surface area contributed by atoms with E-state index in [0.29, 0.717) is 9.88 Å². The first-order valence-corrected chi connectivity index (χ1v) is 7.88. The zero-order valence-electron chi connectivity index (χ0n) is 11.9. The molecule has 1 aliphatic heterocycles. The minimum absolute atomic E-state index is 0.0916. The second kappa shape index (κ2) is 6.11. The Morgan fingerprint density at radius 1 is 1.24 bits per heavy atom. The molecule has 0 saturated carbocycles. The van der Waals surface area contributed by atoms with Crippen LogP contribution in [0.5, 0.6) is 0 Å². The molecule has 1 aromatic heterocycles. The molecule has 0 spiro atoms. The van der Waals surface area contributed by atoms with Crippen molar-refractivity contribution in [1.82, 2.24) is 9.88 Å². The molecule has 1 aliphatic rings. The summed E-state index contributed by atoms with van der Waals surface area (Å²) >= 11 is 1.38. The lowest BCUT2D eigenvalue weighted by Crippen LogP contribution is -2.26. The highest BCUT2D eigenvalue weighted by atomic mass is 32.1. The molecule has 0 radical (unpaired) electrons. The van der Waals surface area contributed by atoms with Crippen LogP contribution in [0, 0.1) is 18.8 Å². The SMILES string of the molecule is Cc1ccccc1C#Cc1ncc(C(=O)N2CCCC2)s1. The number of hydrogen-bond donors (Lipinski definition) is 0. The maximum atomic E-state index is 12.2. The average Bonchev–Trinajstić information content (AvgIpc) is 3.17. The van der Waals surface area contributed by atoms with E-state index in [4.69, 9.17) is 0 Å². The number of thiazole rings is 1. The predicted octanol–water partition coefficient (Wildman–Crippen LogP) is 3.09. The van der Waals surface area contributed by atoms with E-state index in [9.17, 15) is 4.79 Å². The summed E-state index contributed by atoms with van der Waals surface area (Å²) in [5, 5.41) is 0.695. The molecule has 1 aromatic carbocycles. The van der Waals surface area contributed by atoms with Crippen molar-refractivity contribution >= 4 is 17.2 Å². The lowest BCUT2D eigenvalue weighted by molar-refractivity contribution is 0.0797. The maximum absolute atomic E-state index is 12.2. The van der Waals surface area contributed by atoms with Crippen molar-refractivity contribution in [3.05, 3.63) is 51.5 Å². The first-order valence-electron chi connectivity index (χ1n) is 7.07. The molecule has 0 atom stereocenters. The fourth-order valence-corrected chi connectivity index (χ4v) is 3.08. The summed E-state index contributed by atoms with van der Waals surface area (Å²) < 4.78 is 0. The third-order valence-electron chi connectivity index (χ3n) is 3.56. The quantitative estimate of drug-likeness (QED) is 0.758. The third kappa shape index (κ3) is 3.14. The summed E-state index contributed by atoms with van der Waals surface area (Å²) in [7, 11) is 0. The van der Waals surface area contributed by atoms with Gasteiger partial charge in [-0.25, -0.2) is 4.98 Å². The molecule has 4 heteroatoms. The van der Waals surface area contributed by atoms with E-state index in [1.807, 2.05) is 36.1 Å². The summed E-state index contributed by atoms with van der Waals surface area (Å²) in [4.78, 5) is 19.1. The Hall–Kier alpha value is -2.12. The fraction of sp³-hybridized carbons (Fsp3) is 0.294. The standard InChI is InChI=1S/C17H16N2OS/c1-13-6-2-3-7-14(13)8-9-16-18-12-15(21-16)17(20)19-10-4-5-11-19/h2-3,6-7,12H,4-5,10-11H2,1H3. The molecule has 21 heavy (non-hydrogen) atoms. The van der Waals surface area contributed by atoms with Gasteiger partial charge in [0, 0.05) is 18.7 Å². The minimum Gasteiger partial charge on any atom is -0.338 e. The van der Waals surface area contributed by atoms with Crippen molar-refractivity contribution < 1.29 is 4.79 Å². The van der Waals surface area contributed by atoms with Gasteiger partial charge in [0.15, 0.2) is 5.01 Å². The number of nitrogens with zero attached hydrogens (tertiary/aromatic N) is 2. The number of aryl methyl sites for hydroxylation is 1. The van der Waals surface area contributed by atoms with E-state index >= 15 is 0 Å². The molecular weight excluding hydrogens is 280 g/mol. The number of amides is 1. The van der Waals surface area contributed by atoms with Crippen molar-refractivity contribution in [2.45, 2.75) is 19.8 Å². The first kappa shape index (κ1) is 13.8. The van der Waals surface area contributed by atoms with Gasteiger partial charge in [0.2, 0.25) is 0 Å². The lowest BCUT2D eigenvalue weighted by atomic mass is 10.1. The zero-order chi connectivity index (χ0) is 14.7. The highest BCUT2D eigenvalue weighted by Crippen LogP contribution is 2.18. The van der Waals surface area contributed by atoms with Gasteiger partial charge >= 0.3 is 0 Å². The van der Waals surface area contributed by atoms with Crippen molar-refractivity contribution in [2.75, 3.05) is 13.1 Å². The van der Waals surface area contributed by atoms with Gasteiger partial charge in [-0.05, 0) is 37.3 Å². The normalized spacial score (nSPS) is 13.9. The van der Waals surface area contributed by atoms with Crippen LogP contribution in [0.3, 0.4) is 0 Å². The van der Waals surface area contributed by atoms with Gasteiger partial charge in [-0.3, -0.25) is 4.79 Å². The van der Waals surface area contributed by atoms with Gasteiger partial charge in [0.1, 0.15) is 4.88 Å². The zero-order valence-corrected chi connectivity index (χ0v) is 12.7. The average molecular weight is 296 g/mol. The molecular formula is C17H16N2OS. The van der Waals surface area contributed by atoms with Gasteiger partial charge in [-0.2, -0.15) is 0 Å². The Morgan fingerprint density at radius 3 is 2.76 bits per heavy atom. The van der Waals surface area contributed by atoms with Crippen molar-refractivity contribution in [1.29, 1.82) is 0 Å². The van der Waals surface area contributed by atoms with E-state index in [1.165, 1.54) is 11.3 Å². The highest BCUT2D eigenvalue weighted by molar-refractivity contribution is 7.14. The monoisotopic (exact) mass is 296 g/mol. The smallest absolute Gasteiger partial charge is 0.265 e. The van der Waals surface area contributed by atoms with Gasteiger partial charge < -0.3 is 4.90 Å². The predicted molar refractivity (Wildman–Crippen MR) is 84.4 cm³/mol. The largest absolute Gasteiger partial charge is 0.338 e. The Kier molecular flexibility index (Phi) is 4.03. The Labute approximate surface area is 128 Å². The topological polar surface area (TPSA) is 33.2 Å². The molecule has 0 N–H and O–H groups in total. The molecule has 3 nitrogen and oxygen atoms in total. The molecule has 0 aliphatic carbocycles. The highest BCUT2D eigenvalue weighted by Gasteiger charge is 2.21. The minimum atomic E-state index is 0.0916. The van der Waals surface area contributed by atoms with Crippen LogP contribution >= 0.6 is 11.3 Å². The third-order valence-corrected chi connectivity index (χ3v) is 4.46. The molecule has 0 unspecified atom stereocenters. The summed E-state index contributed by atoms with van der Waals surface area (Å²) in [6.45, 7) is 3.76. The van der Waals surface area contributed by atoms with E-state index in [-0.39, 0.29) is 5.91 Å². The number of likely N-dealkylation sites (tertiary alicyclic amines) is 1. The second-order valence-corrected chi connectivity index (χ2v) is 6.12. The fourth-order valence-electron chi connectivity index (χ4n) is 2.34. The van der Waals surface area contributed by atoms with Crippen molar-refractivity contribution in [3.8, 4) is 11.8 Å². The molecule has 2 heterocycles. The number of benzene rings is 1. The van der Waals surface area contributed by atoms with E-state index in [1.54, 1.807) is 6.20 Å². The number of carbonyl (C=O) groups is 1. The lowest BCUT2D eigenvalue weighted by Gasteiger charge is -2.12. The molecule has 2 aromatic rings. The van der Waals surface area contributed by atoms with Gasteiger partial charge in [0.05, 0.1) is 6.20 Å². The van der Waals surface area contributed by atoms with Crippen LogP contribution in [0.4, 0.5) is 0 Å². The number of carbonyl (C=O) groups excluding carboxylic acids is 1. The molecule has 1 fully saturated rings. The van der Waals surface area contributed by atoms with Crippen LogP contribution in [-0.4, -0.2) is 28.9 Å². The maximum Gasteiger partial charge on any atom is 0.265 e. The Morgan fingerprint density at radius 2 is 2.00 bits per heavy atom. The van der Waals surface area contributed by atoms with Crippen molar-refractivity contribution in [3.63, 3.8) is 0 Å². The van der Waals surface area contributed by atoms with Crippen LogP contribution in [0.1, 0.15) is 38.6 Å². The number of hydrogen-bond acceptors (Lipinski definition) is 3. The van der Waals surface area contributed by atoms with Gasteiger partial charge in [0.25, 0.3) is 5.91 Å². The number of rotatable bonds is 1. The van der Waals surface area contributed by atoms with E-state index < -0.39 is 0 Å².